The van der Waals surface area contributed by atoms with E-state index >= 15 is 0 Å². The highest BCUT2D eigenvalue weighted by atomic mass is 16.3. The highest BCUT2D eigenvalue weighted by Crippen LogP contribution is 2.33. The van der Waals surface area contributed by atoms with Crippen LogP contribution >= 0.6 is 0 Å². The zero-order chi connectivity index (χ0) is 12.9. The maximum atomic E-state index is 10.6. The molecular formula is C15H30O2. The van der Waals surface area contributed by atoms with Crippen LogP contribution in [0.1, 0.15) is 72.1 Å². The number of hydrogen-bond donors (Lipinski definition) is 2. The summed E-state index contributed by atoms with van der Waals surface area (Å²) < 4.78 is 0. The molecule has 1 fully saturated rings. The predicted octanol–water partition coefficient (Wildman–Crippen LogP) is 3.50. The highest BCUT2D eigenvalue weighted by molar-refractivity contribution is 4.88. The molecule has 0 bridgehead atoms. The van der Waals surface area contributed by atoms with Crippen LogP contribution in [0.15, 0.2) is 0 Å². The summed E-state index contributed by atoms with van der Waals surface area (Å²) in [6.07, 6.45) is 7.44. The standard InChI is InChI=1S/C15H30O2/c1-12(2)10-13(3)11-14(16)15(17)8-6-4-5-7-9-15/h12-14,16-17H,4-11H2,1-3H3. The summed E-state index contributed by atoms with van der Waals surface area (Å²) in [7, 11) is 0. The van der Waals surface area contributed by atoms with Crippen molar-refractivity contribution in [2.75, 3.05) is 0 Å². The minimum Gasteiger partial charge on any atom is -0.390 e. The summed E-state index contributed by atoms with van der Waals surface area (Å²) in [6, 6.07) is 0. The Kier molecular flexibility index (Phi) is 5.94. The maximum Gasteiger partial charge on any atom is 0.0905 e. The zero-order valence-corrected chi connectivity index (χ0v) is 11.8. The van der Waals surface area contributed by atoms with E-state index in [1.54, 1.807) is 0 Å². The molecule has 2 nitrogen and oxygen atoms in total. The second-order valence-corrected chi connectivity index (χ2v) is 6.50. The van der Waals surface area contributed by atoms with Gasteiger partial charge in [0.05, 0.1) is 11.7 Å². The van der Waals surface area contributed by atoms with Gasteiger partial charge in [-0.05, 0) is 37.5 Å². The zero-order valence-electron chi connectivity index (χ0n) is 11.8. The third-order valence-corrected chi connectivity index (χ3v) is 4.09. The normalized spacial score (nSPS) is 24.4. The van der Waals surface area contributed by atoms with Crippen molar-refractivity contribution in [1.29, 1.82) is 0 Å². The lowest BCUT2D eigenvalue weighted by Crippen LogP contribution is -2.42. The van der Waals surface area contributed by atoms with E-state index in [1.165, 1.54) is 12.8 Å². The van der Waals surface area contributed by atoms with Crippen molar-refractivity contribution in [2.45, 2.75) is 83.8 Å². The summed E-state index contributed by atoms with van der Waals surface area (Å²) in [5, 5.41) is 20.8. The van der Waals surface area contributed by atoms with E-state index in [1.807, 2.05) is 0 Å². The highest BCUT2D eigenvalue weighted by Gasteiger charge is 2.36. The van der Waals surface area contributed by atoms with Crippen LogP contribution in [0.5, 0.6) is 0 Å². The van der Waals surface area contributed by atoms with Crippen molar-refractivity contribution in [1.82, 2.24) is 0 Å². The van der Waals surface area contributed by atoms with Crippen molar-refractivity contribution in [2.24, 2.45) is 11.8 Å². The minimum atomic E-state index is -0.804. The maximum absolute atomic E-state index is 10.6. The van der Waals surface area contributed by atoms with Gasteiger partial charge in [0.15, 0.2) is 0 Å². The van der Waals surface area contributed by atoms with Crippen molar-refractivity contribution < 1.29 is 10.2 Å². The Morgan fingerprint density at radius 3 is 1.94 bits per heavy atom. The molecule has 0 aromatic rings. The fourth-order valence-corrected chi connectivity index (χ4v) is 3.18. The minimum absolute atomic E-state index is 0.497. The molecule has 1 aliphatic carbocycles. The number of aliphatic hydroxyl groups excluding tert-OH is 1. The second-order valence-electron chi connectivity index (χ2n) is 6.50. The molecule has 1 rings (SSSR count). The van der Waals surface area contributed by atoms with Gasteiger partial charge in [-0.25, -0.2) is 0 Å². The Hall–Kier alpha value is -0.0800. The van der Waals surface area contributed by atoms with Crippen molar-refractivity contribution in [3.05, 3.63) is 0 Å². The Morgan fingerprint density at radius 2 is 1.47 bits per heavy atom. The lowest BCUT2D eigenvalue weighted by Gasteiger charge is -2.33. The Morgan fingerprint density at radius 1 is 0.941 bits per heavy atom. The fourth-order valence-electron chi connectivity index (χ4n) is 3.18. The van der Waals surface area contributed by atoms with Gasteiger partial charge in [0.1, 0.15) is 0 Å². The first kappa shape index (κ1) is 15.0. The van der Waals surface area contributed by atoms with Gasteiger partial charge in [-0.3, -0.25) is 0 Å². The summed E-state index contributed by atoms with van der Waals surface area (Å²) >= 11 is 0. The van der Waals surface area contributed by atoms with Crippen LogP contribution in [-0.4, -0.2) is 21.9 Å². The molecule has 0 saturated heterocycles. The topological polar surface area (TPSA) is 40.5 Å². The molecule has 17 heavy (non-hydrogen) atoms. The van der Waals surface area contributed by atoms with Gasteiger partial charge < -0.3 is 10.2 Å². The van der Waals surface area contributed by atoms with E-state index in [9.17, 15) is 10.2 Å². The first-order valence-corrected chi connectivity index (χ1v) is 7.34. The van der Waals surface area contributed by atoms with Gasteiger partial charge >= 0.3 is 0 Å². The number of rotatable bonds is 5. The number of aliphatic hydroxyl groups is 2. The molecule has 0 amide bonds. The van der Waals surface area contributed by atoms with E-state index in [0.717, 1.165) is 38.5 Å². The molecule has 0 heterocycles. The average molecular weight is 242 g/mol. The molecule has 102 valence electrons. The van der Waals surface area contributed by atoms with Crippen LogP contribution < -0.4 is 0 Å². The lowest BCUT2D eigenvalue weighted by atomic mass is 9.82. The van der Waals surface area contributed by atoms with Gasteiger partial charge in [0.25, 0.3) is 0 Å². The lowest BCUT2D eigenvalue weighted by molar-refractivity contribution is -0.0928. The van der Waals surface area contributed by atoms with Crippen LogP contribution in [0.3, 0.4) is 0 Å². The average Bonchev–Trinajstić information content (AvgIpc) is 2.42. The van der Waals surface area contributed by atoms with E-state index in [2.05, 4.69) is 20.8 Å². The molecule has 2 unspecified atom stereocenters. The van der Waals surface area contributed by atoms with Crippen LogP contribution in [0.25, 0.3) is 0 Å². The smallest absolute Gasteiger partial charge is 0.0905 e. The molecule has 1 aliphatic rings. The Labute approximate surface area is 106 Å². The summed E-state index contributed by atoms with van der Waals surface area (Å²) in [5.41, 5.74) is -0.804. The third kappa shape index (κ3) is 4.97. The van der Waals surface area contributed by atoms with Crippen molar-refractivity contribution in [3.63, 3.8) is 0 Å². The molecule has 0 spiro atoms. The third-order valence-electron chi connectivity index (χ3n) is 4.09. The number of hydrogen-bond acceptors (Lipinski definition) is 2. The van der Waals surface area contributed by atoms with Gasteiger partial charge in [-0.2, -0.15) is 0 Å². The van der Waals surface area contributed by atoms with E-state index in [-0.39, 0.29) is 0 Å². The van der Waals surface area contributed by atoms with Crippen LogP contribution in [0.4, 0.5) is 0 Å². The SMILES string of the molecule is CC(C)CC(C)CC(O)C1(O)CCCCCC1. The molecule has 2 heteroatoms. The molecular weight excluding hydrogens is 212 g/mol. The van der Waals surface area contributed by atoms with E-state index < -0.39 is 11.7 Å². The summed E-state index contributed by atoms with van der Waals surface area (Å²) in [4.78, 5) is 0. The fraction of sp³-hybridized carbons (Fsp3) is 1.00. The predicted molar refractivity (Wildman–Crippen MR) is 71.9 cm³/mol. The van der Waals surface area contributed by atoms with E-state index in [0.29, 0.717) is 11.8 Å². The quantitative estimate of drug-likeness (QED) is 0.724. The molecule has 1 saturated carbocycles. The molecule has 0 aliphatic heterocycles. The van der Waals surface area contributed by atoms with Crippen LogP contribution in [0.2, 0.25) is 0 Å². The Balaban J connectivity index is 2.46. The molecule has 2 N–H and O–H groups in total. The van der Waals surface area contributed by atoms with Gasteiger partial charge in [-0.1, -0.05) is 46.5 Å². The largest absolute Gasteiger partial charge is 0.390 e. The van der Waals surface area contributed by atoms with Crippen LogP contribution in [-0.2, 0) is 0 Å². The molecule has 0 aromatic heterocycles. The van der Waals surface area contributed by atoms with Crippen molar-refractivity contribution >= 4 is 0 Å². The summed E-state index contributed by atoms with van der Waals surface area (Å²) in [6.45, 7) is 6.61. The van der Waals surface area contributed by atoms with Gasteiger partial charge in [0, 0.05) is 0 Å². The van der Waals surface area contributed by atoms with E-state index in [4.69, 9.17) is 0 Å². The first-order chi connectivity index (χ1) is 7.94. The Bertz CT molecular complexity index is 205. The van der Waals surface area contributed by atoms with Gasteiger partial charge in [0.2, 0.25) is 0 Å². The molecule has 2 atom stereocenters. The summed E-state index contributed by atoms with van der Waals surface area (Å²) in [5.74, 6) is 1.17. The van der Waals surface area contributed by atoms with Gasteiger partial charge in [-0.15, -0.1) is 0 Å². The molecule has 0 radical (unpaired) electrons. The monoisotopic (exact) mass is 242 g/mol. The first-order valence-electron chi connectivity index (χ1n) is 7.34. The van der Waals surface area contributed by atoms with Crippen LogP contribution in [0, 0.1) is 11.8 Å². The molecule has 0 aromatic carbocycles. The second kappa shape index (κ2) is 6.75. The van der Waals surface area contributed by atoms with Crippen molar-refractivity contribution in [3.8, 4) is 0 Å².